The fraction of sp³-hybridized carbons (Fsp3) is 1.00. The molecule has 2 heteroatoms. The molecule has 124 valence electrons. The molecule has 3 atom stereocenters. The molecule has 2 unspecified atom stereocenters. The Hall–Kier alpha value is -0.0800. The maximum Gasteiger partial charge on any atom is 0.0656 e. The van der Waals surface area contributed by atoms with Crippen LogP contribution in [-0.4, -0.2) is 24.8 Å². The Bertz CT molecular complexity index is 305. The molecule has 0 aromatic rings. The highest BCUT2D eigenvalue weighted by Gasteiger charge is 2.49. The number of hydrogen-bond donors (Lipinski definition) is 1. The predicted molar refractivity (Wildman–Crippen MR) is 90.6 cm³/mol. The molecule has 0 saturated heterocycles. The van der Waals surface area contributed by atoms with Crippen LogP contribution in [0.25, 0.3) is 0 Å². The third kappa shape index (κ3) is 4.45. The summed E-state index contributed by atoms with van der Waals surface area (Å²) in [5.74, 6) is 1.52. The highest BCUT2D eigenvalue weighted by Crippen LogP contribution is 2.43. The van der Waals surface area contributed by atoms with Gasteiger partial charge in [-0.1, -0.05) is 53.4 Å². The zero-order valence-electron chi connectivity index (χ0n) is 15.0. The van der Waals surface area contributed by atoms with E-state index >= 15 is 0 Å². The molecular weight excluding hydrogens is 258 g/mol. The first-order valence-electron chi connectivity index (χ1n) is 9.29. The SMILES string of the molecule is CC(C)COC1CC(N[C@H](C)C2CCCCCC2)C1(C)C. The summed E-state index contributed by atoms with van der Waals surface area (Å²) in [4.78, 5) is 0. The van der Waals surface area contributed by atoms with Crippen LogP contribution in [0, 0.1) is 17.3 Å². The highest BCUT2D eigenvalue weighted by molar-refractivity contribution is 5.03. The summed E-state index contributed by atoms with van der Waals surface area (Å²) in [6.07, 6.45) is 10.3. The quantitative estimate of drug-likeness (QED) is 0.712. The standard InChI is InChI=1S/C19H37NO/c1-14(2)13-21-18-12-17(19(18,4)5)20-15(3)16-10-8-6-7-9-11-16/h14-18,20H,6-13H2,1-5H3/t15-,17?,18?/m1/s1. The third-order valence-corrected chi connectivity index (χ3v) is 5.88. The van der Waals surface area contributed by atoms with E-state index in [1.807, 2.05) is 0 Å². The van der Waals surface area contributed by atoms with Crippen molar-refractivity contribution in [2.75, 3.05) is 6.61 Å². The van der Waals surface area contributed by atoms with Crippen molar-refractivity contribution in [3.05, 3.63) is 0 Å². The molecule has 0 amide bonds. The second-order valence-electron chi connectivity index (χ2n) is 8.53. The van der Waals surface area contributed by atoms with Crippen molar-refractivity contribution in [1.29, 1.82) is 0 Å². The van der Waals surface area contributed by atoms with E-state index in [1.54, 1.807) is 0 Å². The molecule has 0 heterocycles. The average Bonchev–Trinajstić information content (AvgIpc) is 2.70. The van der Waals surface area contributed by atoms with Gasteiger partial charge < -0.3 is 10.1 Å². The van der Waals surface area contributed by atoms with Crippen LogP contribution in [0.2, 0.25) is 0 Å². The zero-order valence-corrected chi connectivity index (χ0v) is 15.0. The Morgan fingerprint density at radius 1 is 1.05 bits per heavy atom. The molecule has 1 N–H and O–H groups in total. The summed E-state index contributed by atoms with van der Waals surface area (Å²) in [6, 6.07) is 1.30. The van der Waals surface area contributed by atoms with Gasteiger partial charge in [-0.2, -0.15) is 0 Å². The van der Waals surface area contributed by atoms with E-state index in [0.717, 1.165) is 12.5 Å². The van der Waals surface area contributed by atoms with Gasteiger partial charge in [-0.15, -0.1) is 0 Å². The fourth-order valence-electron chi connectivity index (χ4n) is 4.02. The van der Waals surface area contributed by atoms with Crippen LogP contribution in [0.15, 0.2) is 0 Å². The maximum absolute atomic E-state index is 6.09. The highest BCUT2D eigenvalue weighted by atomic mass is 16.5. The minimum atomic E-state index is 0.286. The van der Waals surface area contributed by atoms with Crippen LogP contribution in [-0.2, 0) is 4.74 Å². The van der Waals surface area contributed by atoms with E-state index in [-0.39, 0.29) is 5.41 Å². The Morgan fingerprint density at radius 3 is 2.19 bits per heavy atom. The van der Waals surface area contributed by atoms with Gasteiger partial charge in [0, 0.05) is 24.1 Å². The molecule has 0 radical (unpaired) electrons. The van der Waals surface area contributed by atoms with Gasteiger partial charge in [0.1, 0.15) is 0 Å². The minimum absolute atomic E-state index is 0.286. The molecule has 2 aliphatic rings. The summed E-state index contributed by atoms with van der Waals surface area (Å²) in [5, 5.41) is 3.94. The number of hydrogen-bond acceptors (Lipinski definition) is 2. The fourth-order valence-corrected chi connectivity index (χ4v) is 4.02. The first kappa shape index (κ1) is 17.3. The normalized spacial score (nSPS) is 31.7. The molecule has 2 saturated carbocycles. The van der Waals surface area contributed by atoms with Crippen molar-refractivity contribution in [1.82, 2.24) is 5.32 Å². The third-order valence-electron chi connectivity index (χ3n) is 5.88. The molecule has 0 bridgehead atoms. The van der Waals surface area contributed by atoms with E-state index in [1.165, 1.54) is 44.9 Å². The Balaban J connectivity index is 1.78. The van der Waals surface area contributed by atoms with E-state index in [2.05, 4.69) is 39.9 Å². The van der Waals surface area contributed by atoms with Crippen LogP contribution in [0.4, 0.5) is 0 Å². The zero-order chi connectivity index (χ0) is 15.5. The van der Waals surface area contributed by atoms with Gasteiger partial charge in [0.2, 0.25) is 0 Å². The second-order valence-corrected chi connectivity index (χ2v) is 8.53. The molecule has 0 aromatic heterocycles. The van der Waals surface area contributed by atoms with Crippen LogP contribution in [0.1, 0.15) is 79.6 Å². The first-order valence-corrected chi connectivity index (χ1v) is 9.29. The first-order chi connectivity index (χ1) is 9.91. The molecule has 0 aromatic carbocycles. The van der Waals surface area contributed by atoms with E-state index in [4.69, 9.17) is 4.74 Å². The van der Waals surface area contributed by atoms with Gasteiger partial charge in [-0.25, -0.2) is 0 Å². The van der Waals surface area contributed by atoms with Gasteiger partial charge in [0.25, 0.3) is 0 Å². The largest absolute Gasteiger partial charge is 0.377 e. The minimum Gasteiger partial charge on any atom is -0.377 e. The lowest BCUT2D eigenvalue weighted by atomic mass is 9.64. The molecule has 2 aliphatic carbocycles. The summed E-state index contributed by atoms with van der Waals surface area (Å²) in [7, 11) is 0. The summed E-state index contributed by atoms with van der Waals surface area (Å²) in [5.41, 5.74) is 0.286. The van der Waals surface area contributed by atoms with Crippen molar-refractivity contribution in [2.24, 2.45) is 17.3 Å². The number of ether oxygens (including phenoxy) is 1. The molecule has 2 nitrogen and oxygen atoms in total. The molecule has 2 rings (SSSR count). The summed E-state index contributed by atoms with van der Waals surface area (Å²) >= 11 is 0. The van der Waals surface area contributed by atoms with Gasteiger partial charge >= 0.3 is 0 Å². The van der Waals surface area contributed by atoms with Crippen molar-refractivity contribution in [3.8, 4) is 0 Å². The smallest absolute Gasteiger partial charge is 0.0656 e. The van der Waals surface area contributed by atoms with E-state index in [0.29, 0.717) is 24.1 Å². The molecular formula is C19H37NO. The monoisotopic (exact) mass is 295 g/mol. The lowest BCUT2D eigenvalue weighted by Gasteiger charge is -2.53. The maximum atomic E-state index is 6.09. The summed E-state index contributed by atoms with van der Waals surface area (Å²) < 4.78 is 6.09. The molecule has 0 aliphatic heterocycles. The van der Waals surface area contributed by atoms with Crippen molar-refractivity contribution < 1.29 is 4.74 Å². The van der Waals surface area contributed by atoms with Crippen LogP contribution in [0.3, 0.4) is 0 Å². The van der Waals surface area contributed by atoms with Gasteiger partial charge in [0.05, 0.1) is 6.10 Å². The van der Waals surface area contributed by atoms with E-state index < -0.39 is 0 Å². The number of nitrogens with one attached hydrogen (secondary N) is 1. The Labute approximate surface area is 132 Å². The van der Waals surface area contributed by atoms with Crippen LogP contribution >= 0.6 is 0 Å². The van der Waals surface area contributed by atoms with E-state index in [9.17, 15) is 0 Å². The average molecular weight is 296 g/mol. The van der Waals surface area contributed by atoms with Crippen molar-refractivity contribution in [3.63, 3.8) is 0 Å². The van der Waals surface area contributed by atoms with Crippen LogP contribution in [0.5, 0.6) is 0 Å². The lowest BCUT2D eigenvalue weighted by Crippen LogP contribution is -2.63. The molecule has 2 fully saturated rings. The van der Waals surface area contributed by atoms with Crippen LogP contribution < -0.4 is 5.32 Å². The van der Waals surface area contributed by atoms with Crippen molar-refractivity contribution >= 4 is 0 Å². The van der Waals surface area contributed by atoms with Gasteiger partial charge in [-0.3, -0.25) is 0 Å². The molecule has 21 heavy (non-hydrogen) atoms. The topological polar surface area (TPSA) is 21.3 Å². The Morgan fingerprint density at radius 2 is 1.67 bits per heavy atom. The van der Waals surface area contributed by atoms with Gasteiger partial charge in [-0.05, 0) is 38.0 Å². The summed E-state index contributed by atoms with van der Waals surface area (Å²) in [6.45, 7) is 12.5. The predicted octanol–water partition coefficient (Wildman–Crippen LogP) is 4.77. The van der Waals surface area contributed by atoms with Gasteiger partial charge in [0.15, 0.2) is 0 Å². The number of rotatable bonds is 6. The Kier molecular flexibility index (Phi) is 6.14. The second kappa shape index (κ2) is 7.46. The van der Waals surface area contributed by atoms with Crippen molar-refractivity contribution in [2.45, 2.75) is 97.8 Å². The molecule has 0 spiro atoms. The lowest BCUT2D eigenvalue weighted by molar-refractivity contribution is -0.126.